The van der Waals surface area contributed by atoms with Gasteiger partial charge in [0.05, 0.1) is 0 Å². The molecular weight excluding hydrogens is 216 g/mol. The molecule has 0 atom stereocenters. The maximum Gasteiger partial charge on any atom is -0.0348 e. The van der Waals surface area contributed by atoms with Gasteiger partial charge in [-0.1, -0.05) is 75.3 Å². The Morgan fingerprint density at radius 1 is 0.500 bits per heavy atom. The number of allylic oxidation sites excluding steroid dienone is 8. The van der Waals surface area contributed by atoms with Crippen LogP contribution >= 0.6 is 0 Å². The summed E-state index contributed by atoms with van der Waals surface area (Å²) in [4.78, 5) is 0. The van der Waals surface area contributed by atoms with E-state index < -0.39 is 0 Å². The number of rotatable bonds is 11. The highest BCUT2D eigenvalue weighted by atomic mass is 13.9. The molecule has 0 spiro atoms. The third-order valence-corrected chi connectivity index (χ3v) is 2.74. The zero-order valence-electron chi connectivity index (χ0n) is 12.3. The fourth-order valence-corrected chi connectivity index (χ4v) is 1.68. The van der Waals surface area contributed by atoms with Crippen molar-refractivity contribution in [1.29, 1.82) is 0 Å². The van der Waals surface area contributed by atoms with Crippen LogP contribution in [0.3, 0.4) is 0 Å². The molecule has 102 valence electrons. The molecule has 0 aliphatic carbocycles. The second kappa shape index (κ2) is 16.0. The summed E-state index contributed by atoms with van der Waals surface area (Å²) < 4.78 is 0. The second-order valence-electron chi connectivity index (χ2n) is 4.52. The highest BCUT2D eigenvalue weighted by molar-refractivity contribution is 5.10. The first-order valence-corrected chi connectivity index (χ1v) is 7.55. The topological polar surface area (TPSA) is 0 Å². The van der Waals surface area contributed by atoms with Crippen LogP contribution in [0.5, 0.6) is 0 Å². The van der Waals surface area contributed by atoms with Crippen LogP contribution in [-0.2, 0) is 0 Å². The van der Waals surface area contributed by atoms with Gasteiger partial charge in [0.2, 0.25) is 0 Å². The van der Waals surface area contributed by atoms with E-state index in [0.717, 1.165) is 6.42 Å². The smallest absolute Gasteiger partial charge is 0.0348 e. The third-order valence-electron chi connectivity index (χ3n) is 2.74. The molecule has 0 rings (SSSR count). The minimum atomic E-state index is 1.11. The van der Waals surface area contributed by atoms with Crippen LogP contribution in [-0.4, -0.2) is 0 Å². The number of hydrogen-bond donors (Lipinski definition) is 0. The Kier molecular flexibility index (Phi) is 15.0. The molecule has 0 nitrogen and oxygen atoms in total. The summed E-state index contributed by atoms with van der Waals surface area (Å²) in [5.74, 6) is 0. The Morgan fingerprint density at radius 3 is 1.67 bits per heavy atom. The summed E-state index contributed by atoms with van der Waals surface area (Å²) in [7, 11) is 0. The molecule has 0 aromatic heterocycles. The van der Waals surface area contributed by atoms with Crippen molar-refractivity contribution in [2.75, 3.05) is 0 Å². The van der Waals surface area contributed by atoms with Gasteiger partial charge in [0.15, 0.2) is 0 Å². The molecule has 0 fully saturated rings. The average Bonchev–Trinajstić information content (AvgIpc) is 2.39. The zero-order valence-corrected chi connectivity index (χ0v) is 12.3. The highest BCUT2D eigenvalue weighted by Crippen LogP contribution is 2.06. The zero-order chi connectivity index (χ0) is 13.3. The van der Waals surface area contributed by atoms with Crippen molar-refractivity contribution < 1.29 is 0 Å². The Bertz CT molecular complexity index is 253. The van der Waals surface area contributed by atoms with Gasteiger partial charge >= 0.3 is 0 Å². The number of hydrogen-bond acceptors (Lipinski definition) is 0. The van der Waals surface area contributed by atoms with E-state index >= 15 is 0 Å². The molecule has 0 amide bonds. The van der Waals surface area contributed by atoms with E-state index in [2.05, 4.69) is 62.5 Å². The van der Waals surface area contributed by atoms with Crippen molar-refractivity contribution in [3.8, 4) is 0 Å². The van der Waals surface area contributed by atoms with E-state index in [9.17, 15) is 0 Å². The molecule has 0 N–H and O–H groups in total. The summed E-state index contributed by atoms with van der Waals surface area (Å²) >= 11 is 0. The van der Waals surface area contributed by atoms with Crippen LogP contribution in [0.1, 0.15) is 65.2 Å². The Balaban J connectivity index is 3.24. The molecule has 0 heterocycles. The fourth-order valence-electron chi connectivity index (χ4n) is 1.68. The van der Waals surface area contributed by atoms with Gasteiger partial charge in [0.1, 0.15) is 0 Å². The van der Waals surface area contributed by atoms with Crippen LogP contribution in [0.25, 0.3) is 0 Å². The van der Waals surface area contributed by atoms with E-state index in [4.69, 9.17) is 0 Å². The Morgan fingerprint density at radius 2 is 1.06 bits per heavy atom. The van der Waals surface area contributed by atoms with Gasteiger partial charge < -0.3 is 0 Å². The largest absolute Gasteiger partial charge is 0.0888 e. The van der Waals surface area contributed by atoms with Crippen LogP contribution in [0.4, 0.5) is 0 Å². The molecule has 0 aromatic rings. The van der Waals surface area contributed by atoms with Gasteiger partial charge in [-0.3, -0.25) is 0 Å². The van der Waals surface area contributed by atoms with Gasteiger partial charge in [-0.15, -0.1) is 0 Å². The van der Waals surface area contributed by atoms with Gasteiger partial charge in [-0.25, -0.2) is 0 Å². The monoisotopic (exact) mass is 246 g/mol. The van der Waals surface area contributed by atoms with Crippen LogP contribution < -0.4 is 0 Å². The predicted octanol–water partition coefficient (Wildman–Crippen LogP) is 6.37. The van der Waals surface area contributed by atoms with Crippen molar-refractivity contribution in [1.82, 2.24) is 0 Å². The van der Waals surface area contributed by atoms with Crippen LogP contribution in [0.2, 0.25) is 0 Å². The molecular formula is C18H30. The standard InChI is InChI=1S/C18H30/c1-3-5-7-9-11-13-15-17-18-16-14-12-10-8-6-4-2/h5-9,11,13,15H,3-4,10,12,14,16-18H2,1-2H3/b7-5+,8-6+,11-9+,15-13+. The molecule has 0 aromatic carbocycles. The van der Waals surface area contributed by atoms with Crippen LogP contribution in [0.15, 0.2) is 48.6 Å². The van der Waals surface area contributed by atoms with Crippen molar-refractivity contribution in [2.24, 2.45) is 0 Å². The SMILES string of the molecule is CC/C=C/C=C/C=C/CCCCCC/C=C/CC. The molecule has 0 aliphatic rings. The van der Waals surface area contributed by atoms with Crippen molar-refractivity contribution >= 4 is 0 Å². The molecule has 0 saturated carbocycles. The molecule has 0 bridgehead atoms. The van der Waals surface area contributed by atoms with E-state index in [1.165, 1.54) is 44.9 Å². The van der Waals surface area contributed by atoms with Crippen LogP contribution in [0, 0.1) is 0 Å². The summed E-state index contributed by atoms with van der Waals surface area (Å²) in [6, 6.07) is 0. The van der Waals surface area contributed by atoms with E-state index in [1.54, 1.807) is 0 Å². The molecule has 0 radical (unpaired) electrons. The predicted molar refractivity (Wildman–Crippen MR) is 84.8 cm³/mol. The average molecular weight is 246 g/mol. The van der Waals surface area contributed by atoms with E-state index in [0.29, 0.717) is 0 Å². The minimum Gasteiger partial charge on any atom is -0.0888 e. The van der Waals surface area contributed by atoms with Gasteiger partial charge in [0.25, 0.3) is 0 Å². The maximum atomic E-state index is 2.31. The summed E-state index contributed by atoms with van der Waals surface area (Å²) in [5.41, 5.74) is 0. The van der Waals surface area contributed by atoms with E-state index in [1.807, 2.05) is 0 Å². The quantitative estimate of drug-likeness (QED) is 0.226. The lowest BCUT2D eigenvalue weighted by molar-refractivity contribution is 0.652. The normalized spacial score (nSPS) is 12.8. The van der Waals surface area contributed by atoms with E-state index in [-0.39, 0.29) is 0 Å². The van der Waals surface area contributed by atoms with Crippen molar-refractivity contribution in [3.63, 3.8) is 0 Å². The Hall–Kier alpha value is -1.04. The third kappa shape index (κ3) is 15.0. The van der Waals surface area contributed by atoms with Gasteiger partial charge in [-0.05, 0) is 38.5 Å². The van der Waals surface area contributed by atoms with Gasteiger partial charge in [-0.2, -0.15) is 0 Å². The molecule has 0 heteroatoms. The Labute approximate surface area is 114 Å². The molecule has 0 aliphatic heterocycles. The fraction of sp³-hybridized carbons (Fsp3) is 0.556. The summed E-state index contributed by atoms with van der Waals surface area (Å²) in [6.45, 7) is 4.34. The van der Waals surface area contributed by atoms with Gasteiger partial charge in [0, 0.05) is 0 Å². The first-order valence-electron chi connectivity index (χ1n) is 7.55. The lowest BCUT2D eigenvalue weighted by Crippen LogP contribution is -1.76. The molecule has 0 saturated heterocycles. The first-order chi connectivity index (χ1) is 8.91. The maximum absolute atomic E-state index is 2.31. The first kappa shape index (κ1) is 17.0. The second-order valence-corrected chi connectivity index (χ2v) is 4.52. The minimum absolute atomic E-state index is 1.11. The number of unbranched alkanes of at least 4 members (excludes halogenated alkanes) is 5. The lowest BCUT2D eigenvalue weighted by atomic mass is 10.1. The van der Waals surface area contributed by atoms with Crippen molar-refractivity contribution in [2.45, 2.75) is 65.2 Å². The highest BCUT2D eigenvalue weighted by Gasteiger charge is 1.86. The summed E-state index contributed by atoms with van der Waals surface area (Å²) in [5, 5.41) is 0. The summed E-state index contributed by atoms with van der Waals surface area (Å²) in [6.07, 6.45) is 27.7. The van der Waals surface area contributed by atoms with Crippen molar-refractivity contribution in [3.05, 3.63) is 48.6 Å². The molecule has 0 unspecified atom stereocenters. The molecule has 18 heavy (non-hydrogen) atoms. The lowest BCUT2D eigenvalue weighted by Gasteiger charge is -1.96.